The number of benzene rings is 3. The van der Waals surface area contributed by atoms with Crippen molar-refractivity contribution in [2.45, 2.75) is 25.8 Å². The number of carbonyl (C=O) groups is 1. The molecule has 6 rings (SSSR count). The number of aryl methyl sites for hydroxylation is 2. The molecule has 5 nitrogen and oxygen atoms in total. The Balaban J connectivity index is 1.57. The van der Waals surface area contributed by atoms with Crippen LogP contribution in [0.25, 0.3) is 28.0 Å². The standard InChI is InChI=1S/C30H27N3O2/c1-35-24-17-15-23(16-18-24)31-29(34)28-27(22-12-6-3-7-13-22)25-14-8-9-19-32-26(20-33(28)30(25)32)21-10-4-2-5-11-21/h2-7,10-13,15-18,20H,8-9,14,19H2,1H3,(H,31,34). The number of nitrogens with one attached hydrogen (secondary N) is 1. The monoisotopic (exact) mass is 461 g/mol. The Morgan fingerprint density at radius 3 is 2.23 bits per heavy atom. The first-order valence-corrected chi connectivity index (χ1v) is 12.1. The molecule has 0 saturated heterocycles. The van der Waals surface area contributed by atoms with Crippen molar-refractivity contribution in [2.24, 2.45) is 0 Å². The van der Waals surface area contributed by atoms with Gasteiger partial charge in [-0.25, -0.2) is 0 Å². The van der Waals surface area contributed by atoms with Crippen LogP contribution in [0.2, 0.25) is 0 Å². The quantitative estimate of drug-likeness (QED) is 0.318. The summed E-state index contributed by atoms with van der Waals surface area (Å²) in [4.78, 5) is 13.9. The third kappa shape index (κ3) is 3.69. The van der Waals surface area contributed by atoms with Gasteiger partial charge in [0.1, 0.15) is 17.1 Å². The van der Waals surface area contributed by atoms with Gasteiger partial charge in [0.2, 0.25) is 0 Å². The largest absolute Gasteiger partial charge is 0.497 e. The molecular weight excluding hydrogens is 434 g/mol. The second-order valence-corrected chi connectivity index (χ2v) is 8.93. The van der Waals surface area contributed by atoms with Crippen molar-refractivity contribution >= 4 is 17.2 Å². The van der Waals surface area contributed by atoms with Crippen molar-refractivity contribution in [2.75, 3.05) is 12.4 Å². The van der Waals surface area contributed by atoms with Crippen LogP contribution in [0.4, 0.5) is 5.69 Å². The topological polar surface area (TPSA) is 47.7 Å². The SMILES string of the molecule is COc1ccc(NC(=O)c2c(-c3ccccc3)c3c4n(c(-c5ccccc5)cn24)CCCC3)cc1. The third-order valence-electron chi connectivity index (χ3n) is 6.83. The maximum atomic E-state index is 13.9. The Morgan fingerprint density at radius 2 is 1.54 bits per heavy atom. The number of nitrogens with zero attached hydrogens (tertiary/aromatic N) is 2. The molecule has 0 radical (unpaired) electrons. The molecule has 35 heavy (non-hydrogen) atoms. The van der Waals surface area contributed by atoms with Gasteiger partial charge in [0.15, 0.2) is 0 Å². The smallest absolute Gasteiger partial charge is 0.273 e. The van der Waals surface area contributed by atoms with Gasteiger partial charge < -0.3 is 14.6 Å². The first kappa shape index (κ1) is 21.3. The normalized spacial score (nSPS) is 12.9. The number of amides is 1. The van der Waals surface area contributed by atoms with Crippen LogP contribution in [0.15, 0.2) is 91.1 Å². The Kier molecular flexibility index (Phi) is 5.38. The summed E-state index contributed by atoms with van der Waals surface area (Å²) in [5.41, 5.74) is 8.18. The average molecular weight is 462 g/mol. The van der Waals surface area contributed by atoms with E-state index in [0.717, 1.165) is 65.3 Å². The van der Waals surface area contributed by atoms with Crippen LogP contribution in [0.5, 0.6) is 5.75 Å². The van der Waals surface area contributed by atoms with Gasteiger partial charge in [-0.2, -0.15) is 0 Å². The van der Waals surface area contributed by atoms with Gasteiger partial charge >= 0.3 is 0 Å². The van der Waals surface area contributed by atoms with E-state index in [2.05, 4.69) is 56.9 Å². The number of aromatic nitrogens is 2. The summed E-state index contributed by atoms with van der Waals surface area (Å²) in [6, 6.07) is 28.2. The van der Waals surface area contributed by atoms with E-state index < -0.39 is 0 Å². The summed E-state index contributed by atoms with van der Waals surface area (Å²) in [5, 5.41) is 3.13. The molecule has 1 aliphatic heterocycles. The lowest BCUT2D eigenvalue weighted by Crippen LogP contribution is -2.15. The highest BCUT2D eigenvalue weighted by atomic mass is 16.5. The lowest BCUT2D eigenvalue weighted by Gasteiger charge is -2.10. The molecule has 1 amide bonds. The predicted molar refractivity (Wildman–Crippen MR) is 140 cm³/mol. The Bertz CT molecular complexity index is 1500. The molecule has 0 spiro atoms. The minimum Gasteiger partial charge on any atom is -0.497 e. The van der Waals surface area contributed by atoms with E-state index >= 15 is 0 Å². The van der Waals surface area contributed by atoms with Crippen molar-refractivity contribution in [3.8, 4) is 28.1 Å². The molecule has 0 fully saturated rings. The summed E-state index contributed by atoms with van der Waals surface area (Å²) in [6.07, 6.45) is 5.28. The minimum absolute atomic E-state index is 0.118. The number of hydrogen-bond donors (Lipinski definition) is 1. The maximum absolute atomic E-state index is 13.9. The second-order valence-electron chi connectivity index (χ2n) is 8.93. The van der Waals surface area contributed by atoms with E-state index in [0.29, 0.717) is 5.69 Å². The molecule has 0 unspecified atom stereocenters. The number of imidazole rings is 1. The van der Waals surface area contributed by atoms with Crippen molar-refractivity contribution in [1.82, 2.24) is 8.97 Å². The van der Waals surface area contributed by atoms with E-state index in [-0.39, 0.29) is 5.91 Å². The minimum atomic E-state index is -0.118. The molecule has 5 aromatic rings. The average Bonchev–Trinajstić information content (AvgIpc) is 3.33. The summed E-state index contributed by atoms with van der Waals surface area (Å²) >= 11 is 0. The zero-order chi connectivity index (χ0) is 23.8. The van der Waals surface area contributed by atoms with E-state index in [4.69, 9.17) is 4.74 Å². The van der Waals surface area contributed by atoms with Gasteiger partial charge in [0.05, 0.1) is 12.8 Å². The van der Waals surface area contributed by atoms with E-state index in [9.17, 15) is 4.79 Å². The van der Waals surface area contributed by atoms with Gasteiger partial charge in [0, 0.05) is 29.6 Å². The number of anilines is 1. The van der Waals surface area contributed by atoms with E-state index in [1.807, 2.05) is 48.5 Å². The zero-order valence-electron chi connectivity index (χ0n) is 19.7. The molecule has 1 N–H and O–H groups in total. The molecule has 0 saturated carbocycles. The van der Waals surface area contributed by atoms with Crippen molar-refractivity contribution in [3.63, 3.8) is 0 Å². The fourth-order valence-corrected chi connectivity index (χ4v) is 5.23. The number of methoxy groups -OCH3 is 1. The number of ether oxygens (including phenoxy) is 1. The van der Waals surface area contributed by atoms with Gasteiger partial charge in [-0.15, -0.1) is 0 Å². The molecule has 0 bridgehead atoms. The van der Waals surface area contributed by atoms with Crippen molar-refractivity contribution < 1.29 is 9.53 Å². The molecule has 174 valence electrons. The molecule has 2 aromatic heterocycles. The number of rotatable bonds is 5. The van der Waals surface area contributed by atoms with Crippen LogP contribution >= 0.6 is 0 Å². The molecule has 3 heterocycles. The molecule has 5 heteroatoms. The molecule has 3 aromatic carbocycles. The van der Waals surface area contributed by atoms with Crippen molar-refractivity contribution in [1.29, 1.82) is 0 Å². The van der Waals surface area contributed by atoms with E-state index in [1.54, 1.807) is 7.11 Å². The van der Waals surface area contributed by atoms with Crippen LogP contribution in [-0.2, 0) is 13.0 Å². The van der Waals surface area contributed by atoms with Gasteiger partial charge in [-0.3, -0.25) is 9.20 Å². The number of carbonyl (C=O) groups excluding carboxylic acids is 1. The fourth-order valence-electron chi connectivity index (χ4n) is 5.23. The van der Waals surface area contributed by atoms with E-state index in [1.165, 1.54) is 5.56 Å². The van der Waals surface area contributed by atoms with Crippen LogP contribution < -0.4 is 10.1 Å². The zero-order valence-corrected chi connectivity index (χ0v) is 19.7. The Labute approximate surface area is 204 Å². The molecular formula is C30H27N3O2. The number of hydrogen-bond acceptors (Lipinski definition) is 2. The predicted octanol–water partition coefficient (Wildman–Crippen LogP) is 6.67. The highest BCUT2D eigenvalue weighted by molar-refractivity contribution is 6.10. The van der Waals surface area contributed by atoms with Gasteiger partial charge in [0.25, 0.3) is 5.91 Å². The van der Waals surface area contributed by atoms with Gasteiger partial charge in [-0.05, 0) is 54.7 Å². The summed E-state index contributed by atoms with van der Waals surface area (Å²) in [6.45, 7) is 0.936. The van der Waals surface area contributed by atoms with Crippen LogP contribution in [0, 0.1) is 0 Å². The third-order valence-corrected chi connectivity index (χ3v) is 6.83. The Morgan fingerprint density at radius 1 is 0.857 bits per heavy atom. The molecule has 0 aliphatic carbocycles. The second kappa shape index (κ2) is 8.84. The van der Waals surface area contributed by atoms with Gasteiger partial charge in [-0.1, -0.05) is 60.7 Å². The molecule has 0 atom stereocenters. The highest BCUT2D eigenvalue weighted by Crippen LogP contribution is 2.39. The Hall–Kier alpha value is -4.25. The van der Waals surface area contributed by atoms with Crippen LogP contribution in [0.3, 0.4) is 0 Å². The summed E-state index contributed by atoms with van der Waals surface area (Å²) < 4.78 is 9.78. The fraction of sp³-hybridized carbons (Fsp3) is 0.167. The van der Waals surface area contributed by atoms with Crippen molar-refractivity contribution in [3.05, 3.63) is 102 Å². The first-order chi connectivity index (χ1) is 17.2. The highest BCUT2D eigenvalue weighted by Gasteiger charge is 2.29. The lowest BCUT2D eigenvalue weighted by atomic mass is 9.98. The maximum Gasteiger partial charge on any atom is 0.273 e. The lowest BCUT2D eigenvalue weighted by molar-refractivity contribution is 0.102. The van der Waals surface area contributed by atoms with Crippen LogP contribution in [0.1, 0.15) is 28.9 Å². The van der Waals surface area contributed by atoms with Crippen LogP contribution in [-0.4, -0.2) is 22.0 Å². The molecule has 1 aliphatic rings. The summed E-state index contributed by atoms with van der Waals surface area (Å²) in [5.74, 6) is 0.639. The summed E-state index contributed by atoms with van der Waals surface area (Å²) in [7, 11) is 1.64. The first-order valence-electron chi connectivity index (χ1n) is 12.1.